The van der Waals surface area contributed by atoms with Crippen LogP contribution in [-0.2, 0) is 6.54 Å². The first-order valence-electron chi connectivity index (χ1n) is 9.11. The van der Waals surface area contributed by atoms with Gasteiger partial charge in [-0.15, -0.1) is 11.3 Å². The van der Waals surface area contributed by atoms with Crippen molar-refractivity contribution < 1.29 is 14.0 Å². The van der Waals surface area contributed by atoms with Gasteiger partial charge in [0.2, 0.25) is 0 Å². The van der Waals surface area contributed by atoms with Gasteiger partial charge in [-0.1, -0.05) is 24.3 Å². The van der Waals surface area contributed by atoms with Crippen molar-refractivity contribution in [3.63, 3.8) is 0 Å². The summed E-state index contributed by atoms with van der Waals surface area (Å²) in [4.78, 5) is 27.5. The van der Waals surface area contributed by atoms with Crippen LogP contribution in [0.4, 0.5) is 10.1 Å². The number of carbonyl (C=O) groups excluding carboxylic acids is 2. The van der Waals surface area contributed by atoms with Gasteiger partial charge < -0.3 is 10.2 Å². The molecular weight excluding hydrogens is 375 g/mol. The van der Waals surface area contributed by atoms with Crippen LogP contribution in [0.2, 0.25) is 0 Å². The second kappa shape index (κ2) is 7.94. The predicted octanol–water partition coefficient (Wildman–Crippen LogP) is 4.94. The molecule has 28 heavy (non-hydrogen) atoms. The summed E-state index contributed by atoms with van der Waals surface area (Å²) >= 11 is 1.37. The lowest BCUT2D eigenvalue weighted by atomic mass is 10.1. The van der Waals surface area contributed by atoms with Crippen molar-refractivity contribution in [1.82, 2.24) is 4.90 Å². The molecule has 0 saturated heterocycles. The van der Waals surface area contributed by atoms with E-state index in [1.807, 2.05) is 11.4 Å². The first-order chi connectivity index (χ1) is 13.6. The van der Waals surface area contributed by atoms with Gasteiger partial charge in [-0.2, -0.15) is 0 Å². The van der Waals surface area contributed by atoms with Crippen LogP contribution in [0, 0.1) is 5.82 Å². The Morgan fingerprint density at radius 3 is 2.43 bits per heavy atom. The van der Waals surface area contributed by atoms with E-state index in [0.717, 1.165) is 12.8 Å². The molecule has 1 aromatic heterocycles. The topological polar surface area (TPSA) is 49.4 Å². The summed E-state index contributed by atoms with van der Waals surface area (Å²) in [5.41, 5.74) is 1.67. The summed E-state index contributed by atoms with van der Waals surface area (Å²) in [6.07, 6.45) is 1.88. The number of hydrogen-bond donors (Lipinski definition) is 1. The maximum atomic E-state index is 14.0. The van der Waals surface area contributed by atoms with Crippen molar-refractivity contribution >= 4 is 28.8 Å². The predicted molar refractivity (Wildman–Crippen MR) is 108 cm³/mol. The Balaban J connectivity index is 1.47. The minimum absolute atomic E-state index is 0.123. The summed E-state index contributed by atoms with van der Waals surface area (Å²) in [5.74, 6) is -0.595. The van der Waals surface area contributed by atoms with E-state index in [1.54, 1.807) is 53.4 Å². The van der Waals surface area contributed by atoms with Crippen LogP contribution in [0.3, 0.4) is 0 Å². The lowest BCUT2D eigenvalue weighted by Gasteiger charge is -2.23. The average Bonchev–Trinajstić information content (AvgIpc) is 3.39. The van der Waals surface area contributed by atoms with E-state index in [9.17, 15) is 14.0 Å². The molecule has 0 unspecified atom stereocenters. The van der Waals surface area contributed by atoms with Crippen LogP contribution in [0.15, 0.2) is 66.0 Å². The van der Waals surface area contributed by atoms with Crippen molar-refractivity contribution in [2.75, 3.05) is 5.32 Å². The molecule has 6 heteroatoms. The Bertz CT molecular complexity index is 982. The smallest absolute Gasteiger partial charge is 0.265 e. The van der Waals surface area contributed by atoms with E-state index < -0.39 is 0 Å². The highest BCUT2D eigenvalue weighted by molar-refractivity contribution is 7.12. The summed E-state index contributed by atoms with van der Waals surface area (Å²) in [6.45, 7) is 0.257. The Hall–Kier alpha value is -2.99. The lowest BCUT2D eigenvalue weighted by Crippen LogP contribution is -2.32. The standard InChI is InChI=1S/C22H19FN2O2S/c23-19-5-2-1-4-16(19)14-25(18-11-12-18)22(27)15-7-9-17(10-8-15)24-21(26)20-6-3-13-28-20/h1-10,13,18H,11-12,14H2,(H,24,26). The highest BCUT2D eigenvalue weighted by atomic mass is 32.1. The Labute approximate surface area is 166 Å². The van der Waals surface area contributed by atoms with E-state index in [-0.39, 0.29) is 30.2 Å². The number of anilines is 1. The van der Waals surface area contributed by atoms with Crippen molar-refractivity contribution in [1.29, 1.82) is 0 Å². The second-order valence-corrected chi connectivity index (χ2v) is 7.71. The summed E-state index contributed by atoms with van der Waals surface area (Å²) in [6, 6.07) is 17.1. The molecule has 4 rings (SSSR count). The van der Waals surface area contributed by atoms with Gasteiger partial charge in [0.25, 0.3) is 11.8 Å². The molecular formula is C22H19FN2O2S. The van der Waals surface area contributed by atoms with Gasteiger partial charge in [-0.3, -0.25) is 9.59 Å². The Morgan fingerprint density at radius 2 is 1.79 bits per heavy atom. The van der Waals surface area contributed by atoms with Crippen LogP contribution >= 0.6 is 11.3 Å². The third-order valence-corrected chi connectivity index (χ3v) is 5.55. The fraction of sp³-hybridized carbons (Fsp3) is 0.182. The number of amides is 2. The molecule has 142 valence electrons. The molecule has 2 amide bonds. The quantitative estimate of drug-likeness (QED) is 0.643. The van der Waals surface area contributed by atoms with Crippen molar-refractivity contribution in [2.24, 2.45) is 0 Å². The number of nitrogens with zero attached hydrogens (tertiary/aromatic N) is 1. The van der Waals surface area contributed by atoms with Crippen LogP contribution in [0.25, 0.3) is 0 Å². The van der Waals surface area contributed by atoms with E-state index in [2.05, 4.69) is 5.32 Å². The number of halogens is 1. The molecule has 0 aliphatic heterocycles. The molecule has 1 aliphatic carbocycles. The third kappa shape index (κ3) is 4.12. The van der Waals surface area contributed by atoms with Gasteiger partial charge in [0, 0.05) is 29.4 Å². The monoisotopic (exact) mass is 394 g/mol. The van der Waals surface area contributed by atoms with Gasteiger partial charge in [0.15, 0.2) is 0 Å². The normalized spacial score (nSPS) is 13.2. The van der Waals surface area contributed by atoms with Gasteiger partial charge in [0.1, 0.15) is 5.82 Å². The van der Waals surface area contributed by atoms with Gasteiger partial charge in [0.05, 0.1) is 4.88 Å². The molecule has 1 aliphatic rings. The zero-order valence-corrected chi connectivity index (χ0v) is 15.9. The van der Waals surface area contributed by atoms with Crippen LogP contribution in [0.5, 0.6) is 0 Å². The average molecular weight is 394 g/mol. The first-order valence-corrected chi connectivity index (χ1v) is 9.99. The molecule has 1 fully saturated rings. The van der Waals surface area contributed by atoms with Gasteiger partial charge >= 0.3 is 0 Å². The summed E-state index contributed by atoms with van der Waals surface area (Å²) in [7, 11) is 0. The van der Waals surface area contributed by atoms with Crippen LogP contribution in [-0.4, -0.2) is 22.8 Å². The third-order valence-electron chi connectivity index (χ3n) is 4.68. The van der Waals surface area contributed by atoms with Gasteiger partial charge in [-0.05, 0) is 54.6 Å². The molecule has 4 nitrogen and oxygen atoms in total. The Kier molecular flexibility index (Phi) is 5.21. The highest BCUT2D eigenvalue weighted by Gasteiger charge is 2.33. The minimum Gasteiger partial charge on any atom is -0.331 e. The van der Waals surface area contributed by atoms with E-state index in [1.165, 1.54) is 17.4 Å². The molecule has 1 N–H and O–H groups in total. The fourth-order valence-corrected chi connectivity index (χ4v) is 3.64. The summed E-state index contributed by atoms with van der Waals surface area (Å²) < 4.78 is 14.0. The van der Waals surface area contributed by atoms with E-state index >= 15 is 0 Å². The van der Waals surface area contributed by atoms with E-state index in [4.69, 9.17) is 0 Å². The molecule has 1 heterocycles. The highest BCUT2D eigenvalue weighted by Crippen LogP contribution is 2.30. The Morgan fingerprint density at radius 1 is 1.04 bits per heavy atom. The number of carbonyl (C=O) groups is 2. The number of hydrogen-bond acceptors (Lipinski definition) is 3. The molecule has 1 saturated carbocycles. The molecule has 0 spiro atoms. The number of benzene rings is 2. The summed E-state index contributed by atoms with van der Waals surface area (Å²) in [5, 5.41) is 4.67. The van der Waals surface area contributed by atoms with Gasteiger partial charge in [-0.25, -0.2) is 4.39 Å². The van der Waals surface area contributed by atoms with E-state index in [0.29, 0.717) is 21.7 Å². The molecule has 2 aromatic carbocycles. The first kappa shape index (κ1) is 18.4. The molecule has 0 atom stereocenters. The molecule has 0 radical (unpaired) electrons. The largest absolute Gasteiger partial charge is 0.331 e. The maximum absolute atomic E-state index is 14.0. The second-order valence-electron chi connectivity index (χ2n) is 6.76. The van der Waals surface area contributed by atoms with Crippen molar-refractivity contribution in [3.8, 4) is 0 Å². The van der Waals surface area contributed by atoms with Crippen LogP contribution < -0.4 is 5.32 Å². The SMILES string of the molecule is O=C(Nc1ccc(C(=O)N(Cc2ccccc2F)C2CC2)cc1)c1cccs1. The van der Waals surface area contributed by atoms with Crippen molar-refractivity contribution in [3.05, 3.63) is 87.9 Å². The zero-order chi connectivity index (χ0) is 19.5. The van der Waals surface area contributed by atoms with Crippen LogP contribution in [0.1, 0.15) is 38.4 Å². The maximum Gasteiger partial charge on any atom is 0.265 e. The number of rotatable bonds is 6. The number of thiophene rings is 1. The fourth-order valence-electron chi connectivity index (χ4n) is 3.03. The zero-order valence-electron chi connectivity index (χ0n) is 15.1. The number of nitrogens with one attached hydrogen (secondary N) is 1. The lowest BCUT2D eigenvalue weighted by molar-refractivity contribution is 0.0728. The molecule has 0 bridgehead atoms. The molecule has 3 aromatic rings. The van der Waals surface area contributed by atoms with Crippen molar-refractivity contribution in [2.45, 2.75) is 25.4 Å². The minimum atomic E-state index is -0.299.